The standard InChI is InChI=1S/C16H20N2O3/c19-15(13-3-1-7-17-11-13)12-5-8-18(9-6-12)16(20)14-4-2-10-21-14/h1,3,7,11-12,14H,2,4-6,8-10H2/t14-/m0/s1. The summed E-state index contributed by atoms with van der Waals surface area (Å²) in [7, 11) is 0. The summed E-state index contributed by atoms with van der Waals surface area (Å²) in [5.41, 5.74) is 0.668. The minimum absolute atomic E-state index is 0.00254. The van der Waals surface area contributed by atoms with Crippen molar-refractivity contribution in [3.63, 3.8) is 0 Å². The number of aromatic nitrogens is 1. The van der Waals surface area contributed by atoms with Crippen LogP contribution in [-0.4, -0.2) is 47.4 Å². The molecule has 0 unspecified atom stereocenters. The Labute approximate surface area is 124 Å². The van der Waals surface area contributed by atoms with Crippen LogP contribution in [0.15, 0.2) is 24.5 Å². The molecule has 0 saturated carbocycles. The van der Waals surface area contributed by atoms with Gasteiger partial charge >= 0.3 is 0 Å². The van der Waals surface area contributed by atoms with Gasteiger partial charge in [0.25, 0.3) is 5.91 Å². The van der Waals surface area contributed by atoms with Crippen LogP contribution in [0.4, 0.5) is 0 Å². The highest BCUT2D eigenvalue weighted by atomic mass is 16.5. The third-order valence-electron chi connectivity index (χ3n) is 4.33. The van der Waals surface area contributed by atoms with Crippen molar-refractivity contribution in [3.05, 3.63) is 30.1 Å². The zero-order valence-corrected chi connectivity index (χ0v) is 12.0. The highest BCUT2D eigenvalue weighted by Gasteiger charge is 2.32. The summed E-state index contributed by atoms with van der Waals surface area (Å²) in [5.74, 6) is 0.245. The van der Waals surface area contributed by atoms with Gasteiger partial charge in [-0.1, -0.05) is 0 Å². The molecule has 0 N–H and O–H groups in total. The van der Waals surface area contributed by atoms with Gasteiger partial charge < -0.3 is 9.64 Å². The van der Waals surface area contributed by atoms with Crippen LogP contribution in [0, 0.1) is 5.92 Å². The number of carbonyl (C=O) groups is 2. The van der Waals surface area contributed by atoms with Gasteiger partial charge in [0.15, 0.2) is 5.78 Å². The summed E-state index contributed by atoms with van der Waals surface area (Å²) in [6.07, 6.45) is 6.28. The first-order chi connectivity index (χ1) is 10.3. The van der Waals surface area contributed by atoms with E-state index in [9.17, 15) is 9.59 Å². The maximum absolute atomic E-state index is 12.4. The largest absolute Gasteiger partial charge is 0.368 e. The molecule has 1 atom stereocenters. The van der Waals surface area contributed by atoms with E-state index in [0.717, 1.165) is 25.7 Å². The maximum Gasteiger partial charge on any atom is 0.251 e. The molecule has 0 spiro atoms. The lowest BCUT2D eigenvalue weighted by Crippen LogP contribution is -2.44. The normalized spacial score (nSPS) is 23.2. The van der Waals surface area contributed by atoms with Gasteiger partial charge in [0.2, 0.25) is 0 Å². The van der Waals surface area contributed by atoms with Crippen molar-refractivity contribution < 1.29 is 14.3 Å². The Balaban J connectivity index is 1.55. The summed E-state index contributed by atoms with van der Waals surface area (Å²) >= 11 is 0. The minimum atomic E-state index is -0.254. The molecule has 2 aliphatic heterocycles. The summed E-state index contributed by atoms with van der Waals surface area (Å²) in [6.45, 7) is 1.98. The quantitative estimate of drug-likeness (QED) is 0.794. The SMILES string of the molecule is O=C(c1cccnc1)C1CCN(C(=O)[C@@H]2CCCO2)CC1. The summed E-state index contributed by atoms with van der Waals surface area (Å²) in [4.78, 5) is 30.5. The summed E-state index contributed by atoms with van der Waals surface area (Å²) in [5, 5.41) is 0. The first-order valence-corrected chi connectivity index (χ1v) is 7.60. The molecule has 1 aromatic rings. The zero-order valence-electron chi connectivity index (χ0n) is 12.0. The van der Waals surface area contributed by atoms with Gasteiger partial charge in [0.05, 0.1) is 0 Å². The van der Waals surface area contributed by atoms with Crippen molar-refractivity contribution in [3.8, 4) is 0 Å². The number of rotatable bonds is 3. The number of carbonyl (C=O) groups excluding carboxylic acids is 2. The van der Waals surface area contributed by atoms with E-state index < -0.39 is 0 Å². The van der Waals surface area contributed by atoms with E-state index >= 15 is 0 Å². The predicted molar refractivity (Wildman–Crippen MR) is 76.8 cm³/mol. The molecule has 0 bridgehead atoms. The number of ketones is 1. The molecule has 0 aromatic carbocycles. The second-order valence-electron chi connectivity index (χ2n) is 5.71. The van der Waals surface area contributed by atoms with Crippen LogP contribution in [0.5, 0.6) is 0 Å². The Morgan fingerprint density at radius 1 is 1.24 bits per heavy atom. The smallest absolute Gasteiger partial charge is 0.251 e. The van der Waals surface area contributed by atoms with Crippen LogP contribution >= 0.6 is 0 Å². The van der Waals surface area contributed by atoms with Crippen molar-refractivity contribution in [1.29, 1.82) is 0 Å². The van der Waals surface area contributed by atoms with Crippen molar-refractivity contribution in [2.24, 2.45) is 5.92 Å². The highest BCUT2D eigenvalue weighted by Crippen LogP contribution is 2.23. The lowest BCUT2D eigenvalue weighted by Gasteiger charge is -2.32. The van der Waals surface area contributed by atoms with Crippen molar-refractivity contribution >= 4 is 11.7 Å². The second kappa shape index (κ2) is 6.35. The fourth-order valence-electron chi connectivity index (χ4n) is 3.08. The Bertz CT molecular complexity index is 504. The molecule has 5 heteroatoms. The molecule has 1 amide bonds. The zero-order chi connectivity index (χ0) is 14.7. The molecular formula is C16H20N2O3. The van der Waals surface area contributed by atoms with E-state index in [4.69, 9.17) is 4.74 Å². The number of hydrogen-bond donors (Lipinski definition) is 0. The second-order valence-corrected chi connectivity index (χ2v) is 5.71. The number of pyridine rings is 1. The summed E-state index contributed by atoms with van der Waals surface area (Å²) in [6, 6.07) is 3.59. The van der Waals surface area contributed by atoms with Gasteiger partial charge in [0, 0.05) is 43.6 Å². The number of likely N-dealkylation sites (tertiary alicyclic amines) is 1. The Kier molecular flexibility index (Phi) is 4.29. The molecular weight excluding hydrogens is 268 g/mol. The monoisotopic (exact) mass is 288 g/mol. The number of piperidine rings is 1. The third-order valence-corrected chi connectivity index (χ3v) is 4.33. The fraction of sp³-hybridized carbons (Fsp3) is 0.562. The van der Waals surface area contributed by atoms with Gasteiger partial charge in [-0.15, -0.1) is 0 Å². The molecule has 3 heterocycles. The van der Waals surface area contributed by atoms with Gasteiger partial charge in [-0.2, -0.15) is 0 Å². The molecule has 2 saturated heterocycles. The first-order valence-electron chi connectivity index (χ1n) is 7.60. The Morgan fingerprint density at radius 2 is 2.05 bits per heavy atom. The van der Waals surface area contributed by atoms with Crippen LogP contribution in [-0.2, 0) is 9.53 Å². The van der Waals surface area contributed by atoms with E-state index in [1.165, 1.54) is 0 Å². The van der Waals surface area contributed by atoms with Crippen LogP contribution in [0.2, 0.25) is 0 Å². The lowest BCUT2D eigenvalue weighted by molar-refractivity contribution is -0.142. The Hall–Kier alpha value is -1.75. The molecule has 0 aliphatic carbocycles. The molecule has 5 nitrogen and oxygen atoms in total. The van der Waals surface area contributed by atoms with E-state index in [-0.39, 0.29) is 23.7 Å². The first kappa shape index (κ1) is 14.2. The molecule has 2 aliphatic rings. The van der Waals surface area contributed by atoms with E-state index in [0.29, 0.717) is 25.3 Å². The predicted octanol–water partition coefficient (Wildman–Crippen LogP) is 1.68. The number of Topliss-reactive ketones (excluding diaryl/α,β-unsaturated/α-hetero) is 1. The maximum atomic E-state index is 12.4. The third kappa shape index (κ3) is 3.13. The molecule has 0 radical (unpaired) electrons. The van der Waals surface area contributed by atoms with Crippen LogP contribution in [0.3, 0.4) is 0 Å². The van der Waals surface area contributed by atoms with Gasteiger partial charge in [-0.05, 0) is 37.8 Å². The molecule has 3 rings (SSSR count). The number of amides is 1. The van der Waals surface area contributed by atoms with Crippen molar-refractivity contribution in [1.82, 2.24) is 9.88 Å². The average molecular weight is 288 g/mol. The molecule has 1 aromatic heterocycles. The van der Waals surface area contributed by atoms with Gasteiger partial charge in [0.1, 0.15) is 6.10 Å². The van der Waals surface area contributed by atoms with Crippen LogP contribution in [0.25, 0.3) is 0 Å². The van der Waals surface area contributed by atoms with E-state index in [1.807, 2.05) is 4.90 Å². The molecule has 112 valence electrons. The molecule has 21 heavy (non-hydrogen) atoms. The topological polar surface area (TPSA) is 59.5 Å². The fourth-order valence-corrected chi connectivity index (χ4v) is 3.08. The summed E-state index contributed by atoms with van der Waals surface area (Å²) < 4.78 is 5.45. The minimum Gasteiger partial charge on any atom is -0.368 e. The van der Waals surface area contributed by atoms with Crippen LogP contribution < -0.4 is 0 Å². The number of hydrogen-bond acceptors (Lipinski definition) is 4. The van der Waals surface area contributed by atoms with Gasteiger partial charge in [-0.3, -0.25) is 14.6 Å². The average Bonchev–Trinajstić information content (AvgIpc) is 3.09. The van der Waals surface area contributed by atoms with E-state index in [2.05, 4.69) is 4.98 Å². The van der Waals surface area contributed by atoms with E-state index in [1.54, 1.807) is 24.5 Å². The molecule has 2 fully saturated rings. The van der Waals surface area contributed by atoms with Gasteiger partial charge in [-0.25, -0.2) is 0 Å². The van der Waals surface area contributed by atoms with Crippen LogP contribution in [0.1, 0.15) is 36.0 Å². The number of nitrogens with zero attached hydrogens (tertiary/aromatic N) is 2. The highest BCUT2D eigenvalue weighted by molar-refractivity contribution is 5.97. The Morgan fingerprint density at radius 3 is 2.67 bits per heavy atom. The van der Waals surface area contributed by atoms with Crippen molar-refractivity contribution in [2.75, 3.05) is 19.7 Å². The lowest BCUT2D eigenvalue weighted by atomic mass is 9.89. The number of ether oxygens (including phenoxy) is 1. The van der Waals surface area contributed by atoms with Crippen molar-refractivity contribution in [2.45, 2.75) is 31.8 Å².